The van der Waals surface area contributed by atoms with Gasteiger partial charge in [-0.2, -0.15) is 0 Å². The number of aliphatic hydroxyl groups is 1. The second-order valence-electron chi connectivity index (χ2n) is 5.35. The van der Waals surface area contributed by atoms with Crippen LogP contribution in [-0.4, -0.2) is 11.2 Å². The Kier molecular flexibility index (Phi) is 4.79. The summed E-state index contributed by atoms with van der Waals surface area (Å²) in [7, 11) is 0. The van der Waals surface area contributed by atoms with Crippen LogP contribution in [0.2, 0.25) is 0 Å². The van der Waals surface area contributed by atoms with Gasteiger partial charge in [0.25, 0.3) is 0 Å². The van der Waals surface area contributed by atoms with Crippen molar-refractivity contribution < 1.29 is 9.50 Å². The van der Waals surface area contributed by atoms with E-state index in [1.165, 1.54) is 25.0 Å². The zero-order valence-corrected chi connectivity index (χ0v) is 12.3. The molecule has 18 heavy (non-hydrogen) atoms. The van der Waals surface area contributed by atoms with Crippen LogP contribution in [0.1, 0.15) is 38.2 Å². The van der Waals surface area contributed by atoms with E-state index in [9.17, 15) is 9.50 Å². The number of hydrogen-bond donors (Lipinski definition) is 1. The molecule has 100 valence electrons. The topological polar surface area (TPSA) is 20.2 Å². The first-order chi connectivity index (χ1) is 8.60. The summed E-state index contributed by atoms with van der Waals surface area (Å²) < 4.78 is 14.1. The van der Waals surface area contributed by atoms with Gasteiger partial charge in [-0.05, 0) is 54.9 Å². The van der Waals surface area contributed by atoms with Crippen LogP contribution < -0.4 is 0 Å². The van der Waals surface area contributed by atoms with Gasteiger partial charge in [0.2, 0.25) is 0 Å². The van der Waals surface area contributed by atoms with Crippen molar-refractivity contribution in [3.05, 3.63) is 34.1 Å². The van der Waals surface area contributed by atoms with Gasteiger partial charge in [-0.3, -0.25) is 0 Å². The van der Waals surface area contributed by atoms with Gasteiger partial charge >= 0.3 is 0 Å². The molecule has 1 aromatic rings. The van der Waals surface area contributed by atoms with Gasteiger partial charge in [0, 0.05) is 4.47 Å². The fraction of sp³-hybridized carbons (Fsp3) is 0.600. The Balaban J connectivity index is 1.98. The summed E-state index contributed by atoms with van der Waals surface area (Å²) in [5.41, 5.74) is 0.863. The summed E-state index contributed by atoms with van der Waals surface area (Å²) in [6.45, 7) is 2.21. The summed E-state index contributed by atoms with van der Waals surface area (Å²) in [5.74, 6) is 0.906. The average Bonchev–Trinajstić information content (AvgIpc) is 2.82. The van der Waals surface area contributed by atoms with Gasteiger partial charge in [-0.1, -0.05) is 35.7 Å². The summed E-state index contributed by atoms with van der Waals surface area (Å²) in [4.78, 5) is 0. The lowest BCUT2D eigenvalue weighted by Crippen LogP contribution is -2.21. The second kappa shape index (κ2) is 6.16. The largest absolute Gasteiger partial charge is 0.392 e. The van der Waals surface area contributed by atoms with Crippen molar-refractivity contribution in [3.8, 4) is 0 Å². The average molecular weight is 315 g/mol. The molecule has 0 spiro atoms. The molecule has 3 unspecified atom stereocenters. The van der Waals surface area contributed by atoms with Crippen molar-refractivity contribution >= 4 is 15.9 Å². The summed E-state index contributed by atoms with van der Waals surface area (Å²) in [6.07, 6.45) is 4.84. The maximum atomic E-state index is 13.2. The predicted octanol–water partition coefficient (Wildman–Crippen LogP) is 4.32. The molecule has 1 fully saturated rings. The number of benzene rings is 1. The van der Waals surface area contributed by atoms with E-state index in [0.29, 0.717) is 12.3 Å². The molecule has 3 atom stereocenters. The van der Waals surface area contributed by atoms with E-state index in [4.69, 9.17) is 0 Å². The minimum atomic E-state index is -0.348. The highest BCUT2D eigenvalue weighted by Gasteiger charge is 2.29. The van der Waals surface area contributed by atoms with Crippen LogP contribution in [0.4, 0.5) is 4.39 Å². The van der Waals surface area contributed by atoms with Crippen LogP contribution >= 0.6 is 15.9 Å². The third kappa shape index (κ3) is 3.33. The Morgan fingerprint density at radius 2 is 2.22 bits per heavy atom. The molecule has 1 aliphatic carbocycles. The Morgan fingerprint density at radius 1 is 1.44 bits per heavy atom. The minimum absolute atomic E-state index is 0.238. The lowest BCUT2D eigenvalue weighted by Gasteiger charge is -2.19. The van der Waals surface area contributed by atoms with Crippen molar-refractivity contribution in [1.82, 2.24) is 0 Å². The zero-order valence-electron chi connectivity index (χ0n) is 10.7. The van der Waals surface area contributed by atoms with Gasteiger partial charge < -0.3 is 5.11 Å². The SMILES string of the molecule is CCC1CCC(C(O)Cc2cc(F)ccc2Br)C1. The van der Waals surface area contributed by atoms with Gasteiger partial charge in [0.05, 0.1) is 6.10 Å². The van der Waals surface area contributed by atoms with Crippen molar-refractivity contribution in [3.63, 3.8) is 0 Å². The van der Waals surface area contributed by atoms with Crippen molar-refractivity contribution in [1.29, 1.82) is 0 Å². The maximum absolute atomic E-state index is 13.2. The highest BCUT2D eigenvalue weighted by Crippen LogP contribution is 2.36. The van der Waals surface area contributed by atoms with Crippen LogP contribution in [0.5, 0.6) is 0 Å². The van der Waals surface area contributed by atoms with Gasteiger partial charge in [0.15, 0.2) is 0 Å². The van der Waals surface area contributed by atoms with E-state index in [-0.39, 0.29) is 11.9 Å². The van der Waals surface area contributed by atoms with Crippen molar-refractivity contribution in [2.75, 3.05) is 0 Å². The predicted molar refractivity (Wildman–Crippen MR) is 74.9 cm³/mol. The van der Waals surface area contributed by atoms with Crippen molar-refractivity contribution in [2.45, 2.75) is 45.1 Å². The summed E-state index contributed by atoms with van der Waals surface area (Å²) >= 11 is 3.42. The Labute approximate surface area is 117 Å². The molecule has 0 heterocycles. The number of aliphatic hydroxyl groups excluding tert-OH is 1. The first-order valence-corrected chi connectivity index (χ1v) is 7.51. The fourth-order valence-corrected chi connectivity index (χ4v) is 3.33. The fourth-order valence-electron chi connectivity index (χ4n) is 2.93. The Morgan fingerprint density at radius 3 is 2.89 bits per heavy atom. The Bertz CT molecular complexity index is 407. The van der Waals surface area contributed by atoms with Crippen LogP contribution in [-0.2, 0) is 6.42 Å². The molecular formula is C15H20BrFO. The number of hydrogen-bond acceptors (Lipinski definition) is 1. The first-order valence-electron chi connectivity index (χ1n) is 6.72. The third-order valence-corrected chi connectivity index (χ3v) is 4.91. The van der Waals surface area contributed by atoms with E-state index >= 15 is 0 Å². The molecule has 0 saturated heterocycles. The Hall–Kier alpha value is -0.410. The molecule has 0 radical (unpaired) electrons. The van der Waals surface area contributed by atoms with E-state index in [1.807, 2.05) is 0 Å². The first kappa shape index (κ1) is 14.0. The molecule has 1 N–H and O–H groups in total. The molecule has 1 saturated carbocycles. The summed E-state index contributed by atoms with van der Waals surface area (Å²) in [6, 6.07) is 4.66. The third-order valence-electron chi connectivity index (χ3n) is 4.14. The van der Waals surface area contributed by atoms with E-state index in [0.717, 1.165) is 28.8 Å². The van der Waals surface area contributed by atoms with E-state index in [2.05, 4.69) is 22.9 Å². The highest BCUT2D eigenvalue weighted by atomic mass is 79.9. The number of rotatable bonds is 4. The molecule has 0 amide bonds. The van der Waals surface area contributed by atoms with E-state index in [1.54, 1.807) is 6.07 Å². The quantitative estimate of drug-likeness (QED) is 0.877. The zero-order chi connectivity index (χ0) is 13.1. The second-order valence-corrected chi connectivity index (χ2v) is 6.21. The highest BCUT2D eigenvalue weighted by molar-refractivity contribution is 9.10. The van der Waals surface area contributed by atoms with Crippen LogP contribution in [0.25, 0.3) is 0 Å². The molecule has 0 bridgehead atoms. The molecule has 0 aliphatic heterocycles. The van der Waals surface area contributed by atoms with Crippen LogP contribution in [0.15, 0.2) is 22.7 Å². The number of halogens is 2. The van der Waals surface area contributed by atoms with Crippen LogP contribution in [0, 0.1) is 17.7 Å². The smallest absolute Gasteiger partial charge is 0.123 e. The lowest BCUT2D eigenvalue weighted by molar-refractivity contribution is 0.108. The van der Waals surface area contributed by atoms with Gasteiger partial charge in [0.1, 0.15) is 5.82 Å². The molecule has 2 rings (SSSR count). The minimum Gasteiger partial charge on any atom is -0.392 e. The molecule has 1 aliphatic rings. The maximum Gasteiger partial charge on any atom is 0.123 e. The van der Waals surface area contributed by atoms with Crippen molar-refractivity contribution in [2.24, 2.45) is 11.8 Å². The van der Waals surface area contributed by atoms with Crippen LogP contribution in [0.3, 0.4) is 0 Å². The van der Waals surface area contributed by atoms with Gasteiger partial charge in [-0.15, -0.1) is 0 Å². The lowest BCUT2D eigenvalue weighted by atomic mass is 9.93. The molecule has 3 heteroatoms. The normalized spacial score (nSPS) is 25.3. The van der Waals surface area contributed by atoms with E-state index < -0.39 is 0 Å². The molecule has 0 aromatic heterocycles. The molecule has 1 nitrogen and oxygen atoms in total. The van der Waals surface area contributed by atoms with Gasteiger partial charge in [-0.25, -0.2) is 4.39 Å². The molecule has 1 aromatic carbocycles. The standard InChI is InChI=1S/C15H20BrFO/c1-2-10-3-4-11(7-10)15(18)9-12-8-13(17)5-6-14(12)16/h5-6,8,10-11,15,18H,2-4,7,9H2,1H3. The monoisotopic (exact) mass is 314 g/mol. The summed E-state index contributed by atoms with van der Waals surface area (Å²) in [5, 5.41) is 10.3. The molecular weight excluding hydrogens is 295 g/mol.